The number of benzene rings is 2. The van der Waals surface area contributed by atoms with Crippen LogP contribution in [0.4, 0.5) is 0 Å². The van der Waals surface area contributed by atoms with Gasteiger partial charge in [0, 0.05) is 12.6 Å². The van der Waals surface area contributed by atoms with Gasteiger partial charge in [0.2, 0.25) is 11.7 Å². The lowest BCUT2D eigenvalue weighted by Gasteiger charge is -2.23. The molecule has 0 spiro atoms. The Hall–Kier alpha value is -3.15. The Morgan fingerprint density at radius 3 is 2.45 bits per heavy atom. The zero-order valence-electron chi connectivity index (χ0n) is 17.6. The van der Waals surface area contributed by atoms with E-state index in [0.717, 1.165) is 28.0 Å². The highest BCUT2D eigenvalue weighted by Gasteiger charge is 2.24. The minimum Gasteiger partial charge on any atom is -0.480 e. The van der Waals surface area contributed by atoms with Crippen molar-refractivity contribution in [2.75, 3.05) is 7.05 Å². The highest BCUT2D eigenvalue weighted by atomic mass is 16.5. The fraction of sp³-hybridized carbons (Fsp3) is 0.348. The third-order valence-electron chi connectivity index (χ3n) is 4.77. The largest absolute Gasteiger partial charge is 0.480 e. The Bertz CT molecular complexity index is 979. The first-order chi connectivity index (χ1) is 13.9. The first-order valence-corrected chi connectivity index (χ1v) is 9.76. The van der Waals surface area contributed by atoms with Crippen molar-refractivity contribution in [2.24, 2.45) is 0 Å². The molecule has 1 heterocycles. The van der Waals surface area contributed by atoms with Crippen LogP contribution in [0.5, 0.6) is 5.75 Å². The first kappa shape index (κ1) is 20.6. The molecule has 0 radical (unpaired) electrons. The topological polar surface area (TPSA) is 68.5 Å². The highest BCUT2D eigenvalue weighted by molar-refractivity contribution is 5.81. The number of amides is 1. The predicted molar refractivity (Wildman–Crippen MR) is 112 cm³/mol. The summed E-state index contributed by atoms with van der Waals surface area (Å²) in [5.74, 6) is 1.50. The van der Waals surface area contributed by atoms with Gasteiger partial charge in [0.05, 0.1) is 6.54 Å². The van der Waals surface area contributed by atoms with Crippen LogP contribution in [0.3, 0.4) is 0 Å². The summed E-state index contributed by atoms with van der Waals surface area (Å²) in [4.78, 5) is 18.9. The molecule has 6 heteroatoms. The van der Waals surface area contributed by atoms with Gasteiger partial charge in [0.15, 0.2) is 6.10 Å². The number of aryl methyl sites for hydroxylation is 3. The molecule has 0 aliphatic rings. The van der Waals surface area contributed by atoms with Crippen LogP contribution in [0, 0.1) is 20.8 Å². The number of likely N-dealkylation sites (N-methyl/N-ethyl adjacent to an activating group) is 1. The summed E-state index contributed by atoms with van der Waals surface area (Å²) in [6, 6.07) is 13.8. The van der Waals surface area contributed by atoms with Gasteiger partial charge in [0.25, 0.3) is 5.91 Å². The number of carbonyl (C=O) groups excluding carboxylic acids is 1. The quantitative estimate of drug-likeness (QED) is 0.592. The van der Waals surface area contributed by atoms with Crippen molar-refractivity contribution in [2.45, 2.75) is 46.8 Å². The lowest BCUT2D eigenvalue weighted by molar-refractivity contribution is -0.138. The zero-order valence-corrected chi connectivity index (χ0v) is 17.6. The van der Waals surface area contributed by atoms with Crippen LogP contribution >= 0.6 is 0 Å². The average Bonchev–Trinajstić information content (AvgIpc) is 3.16. The standard InChI is InChI=1S/C23H27N3O3/c1-6-19(28-20-12-9-16(3)13-17(20)4)23(27)26(5)14-21-24-22(25-29-21)18-10-7-15(2)8-11-18/h7-13,19H,6,14H2,1-5H3/t19-/m1/s1. The summed E-state index contributed by atoms with van der Waals surface area (Å²) in [7, 11) is 1.71. The van der Waals surface area contributed by atoms with E-state index in [-0.39, 0.29) is 12.5 Å². The van der Waals surface area contributed by atoms with Crippen LogP contribution in [-0.2, 0) is 11.3 Å². The molecule has 29 heavy (non-hydrogen) atoms. The molecule has 1 aromatic heterocycles. The van der Waals surface area contributed by atoms with Crippen molar-refractivity contribution in [3.63, 3.8) is 0 Å². The van der Waals surface area contributed by atoms with Crippen molar-refractivity contribution < 1.29 is 14.1 Å². The predicted octanol–water partition coefficient (Wildman–Crippen LogP) is 4.48. The minimum atomic E-state index is -0.569. The van der Waals surface area contributed by atoms with Crippen LogP contribution < -0.4 is 4.74 Å². The van der Waals surface area contributed by atoms with Crippen molar-refractivity contribution >= 4 is 5.91 Å². The van der Waals surface area contributed by atoms with E-state index in [1.807, 2.05) is 70.2 Å². The van der Waals surface area contributed by atoms with Gasteiger partial charge >= 0.3 is 0 Å². The van der Waals surface area contributed by atoms with E-state index in [4.69, 9.17) is 9.26 Å². The molecular weight excluding hydrogens is 366 g/mol. The van der Waals surface area contributed by atoms with Crippen molar-refractivity contribution in [1.82, 2.24) is 15.0 Å². The molecule has 2 aromatic carbocycles. The van der Waals surface area contributed by atoms with Crippen LogP contribution in [0.1, 0.15) is 35.9 Å². The molecule has 6 nitrogen and oxygen atoms in total. The Balaban J connectivity index is 1.66. The Kier molecular flexibility index (Phi) is 6.32. The van der Waals surface area contributed by atoms with Crippen molar-refractivity contribution in [3.8, 4) is 17.1 Å². The van der Waals surface area contributed by atoms with Crippen LogP contribution in [-0.4, -0.2) is 34.1 Å². The molecule has 0 saturated carbocycles. The molecule has 0 N–H and O–H groups in total. The third kappa shape index (κ3) is 5.02. The van der Waals surface area contributed by atoms with E-state index in [9.17, 15) is 4.79 Å². The second-order valence-corrected chi connectivity index (χ2v) is 7.36. The van der Waals surface area contributed by atoms with Gasteiger partial charge in [-0.25, -0.2) is 0 Å². The summed E-state index contributed by atoms with van der Waals surface area (Å²) >= 11 is 0. The monoisotopic (exact) mass is 393 g/mol. The first-order valence-electron chi connectivity index (χ1n) is 9.76. The number of ether oxygens (including phenoxy) is 1. The molecule has 3 rings (SSSR count). The van der Waals surface area contributed by atoms with Gasteiger partial charge in [-0.2, -0.15) is 4.98 Å². The van der Waals surface area contributed by atoms with E-state index in [0.29, 0.717) is 18.1 Å². The van der Waals surface area contributed by atoms with Gasteiger partial charge in [-0.05, 0) is 38.8 Å². The Morgan fingerprint density at radius 1 is 1.10 bits per heavy atom. The fourth-order valence-corrected chi connectivity index (χ4v) is 3.06. The molecule has 0 aliphatic heterocycles. The summed E-state index contributed by atoms with van der Waals surface area (Å²) < 4.78 is 11.3. The average molecular weight is 393 g/mol. The van der Waals surface area contributed by atoms with Crippen molar-refractivity contribution in [1.29, 1.82) is 0 Å². The maximum absolute atomic E-state index is 12.9. The van der Waals surface area contributed by atoms with E-state index in [2.05, 4.69) is 10.1 Å². The number of carbonyl (C=O) groups is 1. The number of hydrogen-bond acceptors (Lipinski definition) is 5. The van der Waals surface area contributed by atoms with Crippen LogP contribution in [0.25, 0.3) is 11.4 Å². The SMILES string of the molecule is CC[C@@H](Oc1ccc(C)cc1C)C(=O)N(C)Cc1nc(-c2ccc(C)cc2)no1. The third-order valence-corrected chi connectivity index (χ3v) is 4.77. The van der Waals surface area contributed by atoms with E-state index >= 15 is 0 Å². The number of nitrogens with zero attached hydrogens (tertiary/aromatic N) is 3. The van der Waals surface area contributed by atoms with Crippen LogP contribution in [0.15, 0.2) is 47.0 Å². The summed E-state index contributed by atoms with van der Waals surface area (Å²) in [5, 5.41) is 4.03. The van der Waals surface area contributed by atoms with Gasteiger partial charge in [0.1, 0.15) is 5.75 Å². The lowest BCUT2D eigenvalue weighted by atomic mass is 10.1. The maximum Gasteiger partial charge on any atom is 0.263 e. The Labute approximate surface area is 171 Å². The molecule has 1 amide bonds. The molecule has 0 unspecified atom stereocenters. The Morgan fingerprint density at radius 2 is 1.79 bits per heavy atom. The molecule has 0 fully saturated rings. The summed E-state index contributed by atoms with van der Waals surface area (Å²) in [5.41, 5.74) is 4.21. The van der Waals surface area contributed by atoms with E-state index in [1.165, 1.54) is 0 Å². The number of aromatic nitrogens is 2. The van der Waals surface area contributed by atoms with Gasteiger partial charge in [-0.15, -0.1) is 0 Å². The van der Waals surface area contributed by atoms with E-state index < -0.39 is 6.10 Å². The highest BCUT2D eigenvalue weighted by Crippen LogP contribution is 2.22. The molecule has 0 aliphatic carbocycles. The molecule has 152 valence electrons. The second-order valence-electron chi connectivity index (χ2n) is 7.36. The summed E-state index contributed by atoms with van der Waals surface area (Å²) in [6.07, 6.45) is -0.00419. The zero-order chi connectivity index (χ0) is 21.0. The van der Waals surface area contributed by atoms with Gasteiger partial charge in [-0.1, -0.05) is 59.6 Å². The molecule has 1 atom stereocenters. The van der Waals surface area contributed by atoms with Gasteiger partial charge in [-0.3, -0.25) is 4.79 Å². The van der Waals surface area contributed by atoms with E-state index in [1.54, 1.807) is 11.9 Å². The molecular formula is C23H27N3O3. The second kappa shape index (κ2) is 8.90. The molecule has 0 saturated heterocycles. The minimum absolute atomic E-state index is 0.123. The van der Waals surface area contributed by atoms with Crippen molar-refractivity contribution in [3.05, 3.63) is 65.0 Å². The number of hydrogen-bond donors (Lipinski definition) is 0. The molecule has 0 bridgehead atoms. The molecule has 3 aromatic rings. The number of rotatable bonds is 7. The van der Waals surface area contributed by atoms with Gasteiger partial charge < -0.3 is 14.2 Å². The normalized spacial score (nSPS) is 11.9. The van der Waals surface area contributed by atoms with Crippen LogP contribution in [0.2, 0.25) is 0 Å². The smallest absolute Gasteiger partial charge is 0.263 e. The summed E-state index contributed by atoms with van der Waals surface area (Å²) in [6.45, 7) is 8.19. The fourth-order valence-electron chi connectivity index (χ4n) is 3.06. The maximum atomic E-state index is 12.9. The lowest BCUT2D eigenvalue weighted by Crippen LogP contribution is -2.39.